The second kappa shape index (κ2) is 10.6. The molecule has 0 aliphatic heterocycles. The molecule has 0 bridgehead atoms. The van der Waals surface area contributed by atoms with Gasteiger partial charge in [-0.25, -0.2) is 4.99 Å². The second-order valence-corrected chi connectivity index (χ2v) is 6.52. The lowest BCUT2D eigenvalue weighted by Gasteiger charge is -2.14. The Labute approximate surface area is 167 Å². The molecule has 0 radical (unpaired) electrons. The van der Waals surface area contributed by atoms with Gasteiger partial charge < -0.3 is 30.4 Å². The maximum atomic E-state index is 10.0. The Hall–Kier alpha value is -2.45. The average Bonchev–Trinajstić information content (AvgIpc) is 2.69. The zero-order valence-corrected chi connectivity index (χ0v) is 16.9. The van der Waals surface area contributed by atoms with Crippen LogP contribution in [0.2, 0.25) is 0 Å². The molecule has 2 aromatic rings. The summed E-state index contributed by atoms with van der Waals surface area (Å²) in [5.41, 5.74) is 6.78. The standard InChI is InChI=1S/C19H24BrN3O4/c1-25-17-8-7-13(9-18(17)26-2)10-22-19(21)23-11-14(24)12-27-16-6-4-3-5-15(16)20/h3-9,14,24H,10-12H2,1-2H3,(H3,21,22,23). The zero-order chi connectivity index (χ0) is 19.6. The summed E-state index contributed by atoms with van der Waals surface area (Å²) in [7, 11) is 3.17. The highest BCUT2D eigenvalue weighted by molar-refractivity contribution is 9.10. The molecule has 146 valence electrons. The molecule has 0 heterocycles. The quantitative estimate of drug-likeness (QED) is 0.411. The van der Waals surface area contributed by atoms with E-state index in [1.807, 2.05) is 42.5 Å². The first kappa shape index (κ1) is 20.9. The highest BCUT2D eigenvalue weighted by Crippen LogP contribution is 2.27. The molecule has 0 fully saturated rings. The summed E-state index contributed by atoms with van der Waals surface area (Å²) in [6.07, 6.45) is -0.730. The molecule has 0 saturated heterocycles. The third kappa shape index (κ3) is 6.65. The van der Waals surface area contributed by atoms with Crippen LogP contribution in [-0.4, -0.2) is 44.5 Å². The fourth-order valence-electron chi connectivity index (χ4n) is 2.24. The molecule has 0 aliphatic rings. The van der Waals surface area contributed by atoms with Gasteiger partial charge in [-0.3, -0.25) is 0 Å². The Bertz CT molecular complexity index is 770. The topological polar surface area (TPSA) is 98.3 Å². The predicted octanol–water partition coefficient (Wildman–Crippen LogP) is 2.31. The molecule has 2 aromatic carbocycles. The minimum atomic E-state index is -0.730. The summed E-state index contributed by atoms with van der Waals surface area (Å²) in [5, 5.41) is 12.9. The van der Waals surface area contributed by atoms with Gasteiger partial charge in [-0.05, 0) is 45.8 Å². The fraction of sp³-hybridized carbons (Fsp3) is 0.316. The normalized spacial score (nSPS) is 12.4. The molecule has 27 heavy (non-hydrogen) atoms. The summed E-state index contributed by atoms with van der Waals surface area (Å²) < 4.78 is 16.9. The summed E-state index contributed by atoms with van der Waals surface area (Å²) in [6, 6.07) is 13.0. The van der Waals surface area contributed by atoms with Crippen molar-refractivity contribution in [2.75, 3.05) is 27.4 Å². The highest BCUT2D eigenvalue weighted by Gasteiger charge is 2.08. The first-order chi connectivity index (χ1) is 13.0. The van der Waals surface area contributed by atoms with Gasteiger partial charge in [0.15, 0.2) is 17.5 Å². The lowest BCUT2D eigenvalue weighted by molar-refractivity contribution is 0.110. The van der Waals surface area contributed by atoms with Gasteiger partial charge in [-0.15, -0.1) is 0 Å². The number of benzene rings is 2. The van der Waals surface area contributed by atoms with Crippen molar-refractivity contribution in [1.82, 2.24) is 5.32 Å². The molecular weight excluding hydrogens is 414 g/mol. The number of nitrogens with one attached hydrogen (secondary N) is 1. The monoisotopic (exact) mass is 437 g/mol. The minimum absolute atomic E-state index is 0.137. The van der Waals surface area contributed by atoms with Crippen LogP contribution < -0.4 is 25.3 Å². The van der Waals surface area contributed by atoms with E-state index >= 15 is 0 Å². The molecule has 1 unspecified atom stereocenters. The molecule has 0 aromatic heterocycles. The number of aliphatic hydroxyl groups is 1. The minimum Gasteiger partial charge on any atom is -0.493 e. The van der Waals surface area contributed by atoms with Crippen molar-refractivity contribution in [2.45, 2.75) is 12.6 Å². The van der Waals surface area contributed by atoms with Crippen molar-refractivity contribution in [3.05, 3.63) is 52.5 Å². The van der Waals surface area contributed by atoms with Crippen molar-refractivity contribution in [3.8, 4) is 17.2 Å². The number of hydrogen-bond acceptors (Lipinski definition) is 5. The van der Waals surface area contributed by atoms with Gasteiger partial charge in [0.1, 0.15) is 18.5 Å². The number of guanidine groups is 1. The number of methoxy groups -OCH3 is 2. The van der Waals surface area contributed by atoms with Gasteiger partial charge in [0.2, 0.25) is 0 Å². The van der Waals surface area contributed by atoms with Gasteiger partial charge >= 0.3 is 0 Å². The fourth-order valence-corrected chi connectivity index (χ4v) is 2.64. The van der Waals surface area contributed by atoms with E-state index in [0.717, 1.165) is 10.0 Å². The van der Waals surface area contributed by atoms with Gasteiger partial charge in [0, 0.05) is 6.54 Å². The number of aliphatic hydroxyl groups excluding tert-OH is 1. The molecule has 0 saturated carbocycles. The van der Waals surface area contributed by atoms with Crippen molar-refractivity contribution in [3.63, 3.8) is 0 Å². The maximum absolute atomic E-state index is 10.0. The Morgan fingerprint density at radius 1 is 1.15 bits per heavy atom. The lowest BCUT2D eigenvalue weighted by Crippen LogP contribution is -2.39. The van der Waals surface area contributed by atoms with E-state index in [1.54, 1.807) is 14.2 Å². The number of halogens is 1. The van der Waals surface area contributed by atoms with Crippen LogP contribution in [0.25, 0.3) is 0 Å². The number of ether oxygens (including phenoxy) is 3. The number of nitrogens with zero attached hydrogens (tertiary/aromatic N) is 1. The maximum Gasteiger partial charge on any atom is 0.189 e. The van der Waals surface area contributed by atoms with Crippen LogP contribution in [0.4, 0.5) is 0 Å². The lowest BCUT2D eigenvalue weighted by atomic mass is 10.2. The number of nitrogens with two attached hydrogens (primary N) is 1. The van der Waals surface area contributed by atoms with E-state index in [-0.39, 0.29) is 19.1 Å². The van der Waals surface area contributed by atoms with Crippen molar-refractivity contribution in [2.24, 2.45) is 10.7 Å². The molecule has 4 N–H and O–H groups in total. The van der Waals surface area contributed by atoms with Gasteiger partial charge in [0.05, 0.1) is 25.2 Å². The SMILES string of the molecule is COc1ccc(CN=C(N)NCC(O)COc2ccccc2Br)cc1OC. The predicted molar refractivity (Wildman–Crippen MR) is 109 cm³/mol. The first-order valence-corrected chi connectivity index (χ1v) is 9.13. The van der Waals surface area contributed by atoms with Crippen LogP contribution in [-0.2, 0) is 6.54 Å². The molecule has 0 aliphatic carbocycles. The highest BCUT2D eigenvalue weighted by atomic mass is 79.9. The van der Waals surface area contributed by atoms with E-state index in [0.29, 0.717) is 23.8 Å². The summed E-state index contributed by atoms with van der Waals surface area (Å²) in [6.45, 7) is 0.743. The summed E-state index contributed by atoms with van der Waals surface area (Å²) in [5.74, 6) is 2.21. The number of aliphatic imine (C=N–C) groups is 1. The van der Waals surface area contributed by atoms with Gasteiger partial charge in [0.25, 0.3) is 0 Å². The Kier molecular flexibility index (Phi) is 8.22. The number of hydrogen-bond donors (Lipinski definition) is 3. The zero-order valence-electron chi connectivity index (χ0n) is 15.3. The third-order valence-electron chi connectivity index (χ3n) is 3.67. The molecule has 2 rings (SSSR count). The Morgan fingerprint density at radius 3 is 2.59 bits per heavy atom. The molecule has 1 atom stereocenters. The number of para-hydroxylation sites is 1. The smallest absolute Gasteiger partial charge is 0.189 e. The number of rotatable bonds is 9. The van der Waals surface area contributed by atoms with E-state index in [9.17, 15) is 5.11 Å². The van der Waals surface area contributed by atoms with Crippen molar-refractivity contribution in [1.29, 1.82) is 0 Å². The molecule has 7 nitrogen and oxygen atoms in total. The third-order valence-corrected chi connectivity index (χ3v) is 4.32. The van der Waals surface area contributed by atoms with Crippen molar-refractivity contribution >= 4 is 21.9 Å². The molecule has 8 heteroatoms. The van der Waals surface area contributed by atoms with Crippen LogP contribution in [0.1, 0.15) is 5.56 Å². The van der Waals surface area contributed by atoms with Crippen LogP contribution in [0.15, 0.2) is 51.9 Å². The van der Waals surface area contributed by atoms with E-state index in [2.05, 4.69) is 26.2 Å². The molecular formula is C19H24BrN3O4. The Morgan fingerprint density at radius 2 is 1.89 bits per heavy atom. The average molecular weight is 438 g/mol. The second-order valence-electron chi connectivity index (χ2n) is 5.67. The largest absolute Gasteiger partial charge is 0.493 e. The van der Waals surface area contributed by atoms with E-state index in [1.165, 1.54) is 0 Å². The van der Waals surface area contributed by atoms with Gasteiger partial charge in [-0.1, -0.05) is 18.2 Å². The summed E-state index contributed by atoms with van der Waals surface area (Å²) >= 11 is 3.39. The van der Waals surface area contributed by atoms with Crippen LogP contribution in [0.5, 0.6) is 17.2 Å². The van der Waals surface area contributed by atoms with Crippen molar-refractivity contribution < 1.29 is 19.3 Å². The summed E-state index contributed by atoms with van der Waals surface area (Å²) in [4.78, 5) is 4.26. The molecule has 0 amide bonds. The Balaban J connectivity index is 1.79. The van der Waals surface area contributed by atoms with E-state index in [4.69, 9.17) is 19.9 Å². The van der Waals surface area contributed by atoms with Gasteiger partial charge in [-0.2, -0.15) is 0 Å². The molecule has 0 spiro atoms. The first-order valence-electron chi connectivity index (χ1n) is 8.33. The van der Waals surface area contributed by atoms with Crippen LogP contribution in [0, 0.1) is 0 Å². The van der Waals surface area contributed by atoms with Crippen LogP contribution in [0.3, 0.4) is 0 Å². The van der Waals surface area contributed by atoms with Crippen LogP contribution >= 0.6 is 15.9 Å². The van der Waals surface area contributed by atoms with E-state index < -0.39 is 6.10 Å².